The van der Waals surface area contributed by atoms with Crippen LogP contribution in [0, 0.1) is 0 Å². The highest BCUT2D eigenvalue weighted by Gasteiger charge is 2.23. The van der Waals surface area contributed by atoms with Crippen molar-refractivity contribution in [2.45, 2.75) is 45.6 Å². The molecule has 30 heavy (non-hydrogen) atoms. The maximum absolute atomic E-state index is 13.1. The zero-order chi connectivity index (χ0) is 21.3. The van der Waals surface area contributed by atoms with Crippen molar-refractivity contribution in [1.29, 1.82) is 0 Å². The minimum Gasteiger partial charge on any atom is -0.462 e. The van der Waals surface area contributed by atoms with Crippen molar-refractivity contribution >= 4 is 39.1 Å². The molecule has 2 heterocycles. The molecule has 8 heteroatoms. The lowest BCUT2D eigenvalue weighted by Gasteiger charge is -2.15. The number of aryl methyl sites for hydroxylation is 2. The summed E-state index contributed by atoms with van der Waals surface area (Å²) < 4.78 is 6.35. The molecule has 1 amide bonds. The fourth-order valence-corrected chi connectivity index (χ4v) is 4.93. The lowest BCUT2D eigenvalue weighted by atomic mass is 9.97. The number of carbonyl (C=O) groups excluding carboxylic acids is 2. The first-order valence-electron chi connectivity index (χ1n) is 10.1. The van der Waals surface area contributed by atoms with E-state index in [1.807, 2.05) is 0 Å². The van der Waals surface area contributed by atoms with Gasteiger partial charge in [-0.05, 0) is 69.4 Å². The number of amides is 1. The number of carbonyl (C=O) groups is 2. The van der Waals surface area contributed by atoms with Crippen molar-refractivity contribution in [3.8, 4) is 0 Å². The van der Waals surface area contributed by atoms with Crippen molar-refractivity contribution in [2.24, 2.45) is 0 Å². The van der Waals surface area contributed by atoms with E-state index in [1.54, 1.807) is 49.4 Å². The molecule has 156 valence electrons. The standard InChI is InChI=1S/C22H23N3O4S/c1-3-29-22(28)14-8-10-15(11-9-14)24-19(26)13(2)25-12-23-20-18(21(25)27)16-6-4-5-7-17(16)30-20/h8-13H,3-7H2,1-2H3,(H,24,26). The van der Waals surface area contributed by atoms with Crippen LogP contribution in [0.4, 0.5) is 5.69 Å². The van der Waals surface area contributed by atoms with Crippen LogP contribution >= 0.6 is 11.3 Å². The summed E-state index contributed by atoms with van der Waals surface area (Å²) in [4.78, 5) is 44.1. The molecule has 0 saturated carbocycles. The predicted molar refractivity (Wildman–Crippen MR) is 116 cm³/mol. The quantitative estimate of drug-likeness (QED) is 0.630. The number of anilines is 1. The number of thiophene rings is 1. The summed E-state index contributed by atoms with van der Waals surface area (Å²) in [6.45, 7) is 3.72. The molecule has 0 aliphatic heterocycles. The van der Waals surface area contributed by atoms with Gasteiger partial charge >= 0.3 is 5.97 Å². The first-order valence-corrected chi connectivity index (χ1v) is 10.9. The number of nitrogens with one attached hydrogen (secondary N) is 1. The van der Waals surface area contributed by atoms with E-state index < -0.39 is 12.0 Å². The monoisotopic (exact) mass is 425 g/mol. The summed E-state index contributed by atoms with van der Waals surface area (Å²) >= 11 is 1.59. The predicted octanol–water partition coefficient (Wildman–Crippen LogP) is 3.71. The Morgan fingerprint density at radius 2 is 1.97 bits per heavy atom. The van der Waals surface area contributed by atoms with Crippen molar-refractivity contribution < 1.29 is 14.3 Å². The van der Waals surface area contributed by atoms with Crippen LogP contribution in [-0.4, -0.2) is 28.0 Å². The van der Waals surface area contributed by atoms with Crippen LogP contribution in [0.15, 0.2) is 35.4 Å². The van der Waals surface area contributed by atoms with Crippen LogP contribution in [0.5, 0.6) is 0 Å². The molecular formula is C22H23N3O4S. The van der Waals surface area contributed by atoms with Crippen molar-refractivity contribution in [1.82, 2.24) is 9.55 Å². The van der Waals surface area contributed by atoms with Gasteiger partial charge in [-0.3, -0.25) is 14.2 Å². The van der Waals surface area contributed by atoms with Crippen LogP contribution in [0.1, 0.15) is 53.5 Å². The van der Waals surface area contributed by atoms with Gasteiger partial charge < -0.3 is 10.1 Å². The van der Waals surface area contributed by atoms with Gasteiger partial charge in [-0.25, -0.2) is 9.78 Å². The molecule has 1 N–H and O–H groups in total. The highest BCUT2D eigenvalue weighted by Crippen LogP contribution is 2.33. The summed E-state index contributed by atoms with van der Waals surface area (Å²) in [5.41, 5.74) is 1.89. The third kappa shape index (κ3) is 3.75. The van der Waals surface area contributed by atoms with E-state index in [9.17, 15) is 14.4 Å². The Hall–Kier alpha value is -3.00. The molecule has 1 aliphatic carbocycles. The van der Waals surface area contributed by atoms with Crippen LogP contribution < -0.4 is 10.9 Å². The van der Waals surface area contributed by atoms with Gasteiger partial charge in [-0.2, -0.15) is 0 Å². The van der Waals surface area contributed by atoms with E-state index in [2.05, 4.69) is 10.3 Å². The summed E-state index contributed by atoms with van der Waals surface area (Å²) in [5, 5.41) is 3.46. The molecule has 1 unspecified atom stereocenters. The zero-order valence-electron chi connectivity index (χ0n) is 16.9. The second kappa shape index (κ2) is 8.39. The SMILES string of the molecule is CCOC(=O)c1ccc(NC(=O)C(C)n2cnc3sc4c(c3c2=O)CCCC4)cc1. The number of nitrogens with zero attached hydrogens (tertiary/aromatic N) is 2. The molecule has 0 bridgehead atoms. The van der Waals surface area contributed by atoms with Gasteiger partial charge in [0.1, 0.15) is 10.9 Å². The van der Waals surface area contributed by atoms with E-state index in [1.165, 1.54) is 15.8 Å². The second-order valence-corrected chi connectivity index (χ2v) is 8.39. The van der Waals surface area contributed by atoms with Gasteiger partial charge in [-0.15, -0.1) is 11.3 Å². The lowest BCUT2D eigenvalue weighted by molar-refractivity contribution is -0.118. The Kier molecular flexibility index (Phi) is 5.67. The van der Waals surface area contributed by atoms with Gasteiger partial charge in [0, 0.05) is 10.6 Å². The normalized spacial score (nSPS) is 14.2. The molecule has 1 aromatic carbocycles. The summed E-state index contributed by atoms with van der Waals surface area (Å²) in [5.74, 6) is -0.736. The largest absolute Gasteiger partial charge is 0.462 e. The lowest BCUT2D eigenvalue weighted by Crippen LogP contribution is -2.32. The Labute approximate surface area is 177 Å². The van der Waals surface area contributed by atoms with Gasteiger partial charge in [0.2, 0.25) is 5.91 Å². The van der Waals surface area contributed by atoms with Gasteiger partial charge in [0.25, 0.3) is 5.56 Å². The van der Waals surface area contributed by atoms with Gasteiger partial charge in [0.15, 0.2) is 0 Å². The minimum atomic E-state index is -0.724. The second-order valence-electron chi connectivity index (χ2n) is 7.31. The Morgan fingerprint density at radius 1 is 1.23 bits per heavy atom. The molecule has 0 saturated heterocycles. The van der Waals surface area contributed by atoms with E-state index in [4.69, 9.17) is 4.74 Å². The molecule has 0 spiro atoms. The fourth-order valence-electron chi connectivity index (χ4n) is 3.71. The Bertz CT molecular complexity index is 1160. The van der Waals surface area contributed by atoms with Gasteiger partial charge in [0.05, 0.1) is 23.9 Å². The molecule has 2 aromatic heterocycles. The van der Waals surface area contributed by atoms with Crippen molar-refractivity contribution in [3.05, 3.63) is 57.0 Å². The smallest absolute Gasteiger partial charge is 0.338 e. The highest BCUT2D eigenvalue weighted by atomic mass is 32.1. The number of ether oxygens (including phenoxy) is 1. The van der Waals surface area contributed by atoms with E-state index in [-0.39, 0.29) is 11.5 Å². The van der Waals surface area contributed by atoms with Crippen molar-refractivity contribution in [3.63, 3.8) is 0 Å². The molecule has 1 aliphatic rings. The summed E-state index contributed by atoms with van der Waals surface area (Å²) in [6, 6.07) is 5.73. The van der Waals surface area contributed by atoms with Crippen LogP contribution in [0.2, 0.25) is 0 Å². The van der Waals surface area contributed by atoms with E-state index in [0.29, 0.717) is 23.2 Å². The minimum absolute atomic E-state index is 0.167. The zero-order valence-corrected chi connectivity index (χ0v) is 17.8. The van der Waals surface area contributed by atoms with Crippen LogP contribution in [0.25, 0.3) is 10.2 Å². The van der Waals surface area contributed by atoms with Crippen molar-refractivity contribution in [2.75, 3.05) is 11.9 Å². The maximum atomic E-state index is 13.1. The van der Waals surface area contributed by atoms with E-state index in [0.717, 1.165) is 36.1 Å². The first kappa shape index (κ1) is 20.3. The van der Waals surface area contributed by atoms with Crippen LogP contribution in [0.3, 0.4) is 0 Å². The van der Waals surface area contributed by atoms with Gasteiger partial charge in [-0.1, -0.05) is 0 Å². The highest BCUT2D eigenvalue weighted by molar-refractivity contribution is 7.18. The molecule has 0 fully saturated rings. The summed E-state index contributed by atoms with van der Waals surface area (Å²) in [6.07, 6.45) is 5.56. The van der Waals surface area contributed by atoms with Crippen LogP contribution in [-0.2, 0) is 22.4 Å². The number of hydrogen-bond donors (Lipinski definition) is 1. The number of fused-ring (bicyclic) bond motifs is 3. The first-order chi connectivity index (χ1) is 14.5. The number of benzene rings is 1. The number of rotatable bonds is 5. The molecule has 4 rings (SSSR count). The Balaban J connectivity index is 1.55. The third-order valence-corrected chi connectivity index (χ3v) is 6.56. The number of hydrogen-bond acceptors (Lipinski definition) is 6. The average molecular weight is 426 g/mol. The Morgan fingerprint density at radius 3 is 2.70 bits per heavy atom. The number of esters is 1. The summed E-state index contributed by atoms with van der Waals surface area (Å²) in [7, 11) is 0. The molecule has 7 nitrogen and oxygen atoms in total. The topological polar surface area (TPSA) is 90.3 Å². The fraction of sp³-hybridized carbons (Fsp3) is 0.364. The average Bonchev–Trinajstić information content (AvgIpc) is 3.13. The maximum Gasteiger partial charge on any atom is 0.338 e. The number of aromatic nitrogens is 2. The molecule has 1 atom stereocenters. The molecule has 0 radical (unpaired) electrons. The third-order valence-electron chi connectivity index (χ3n) is 5.36. The molecule has 3 aromatic rings. The van der Waals surface area contributed by atoms with E-state index >= 15 is 0 Å². The molecular weight excluding hydrogens is 402 g/mol.